The molecule has 8 heteroatoms. The van der Waals surface area contributed by atoms with E-state index in [1.807, 2.05) is 6.07 Å². The number of hydrogen-bond donors (Lipinski definition) is 0. The number of benzene rings is 1. The molecular formula is C16H16N6O2. The number of nitro groups is 1. The fraction of sp³-hybridized carbons (Fsp3) is 0.250. The topological polar surface area (TPSA) is 99.6 Å². The van der Waals surface area contributed by atoms with Crippen LogP contribution < -0.4 is 0 Å². The second kappa shape index (κ2) is 6.53. The number of nitrogens with zero attached hydrogens (tertiary/aromatic N) is 6. The molecule has 0 fully saturated rings. The minimum absolute atomic E-state index is 0.0422. The van der Waals surface area contributed by atoms with E-state index in [4.69, 9.17) is 0 Å². The summed E-state index contributed by atoms with van der Waals surface area (Å²) >= 11 is 0. The van der Waals surface area contributed by atoms with Crippen LogP contribution in [0.2, 0.25) is 0 Å². The molecule has 1 aromatic carbocycles. The Balaban J connectivity index is 1.92. The summed E-state index contributed by atoms with van der Waals surface area (Å²) < 4.78 is 0. The third-order valence-corrected chi connectivity index (χ3v) is 3.67. The summed E-state index contributed by atoms with van der Waals surface area (Å²) in [5, 5.41) is 23.5. The summed E-state index contributed by atoms with van der Waals surface area (Å²) in [6.45, 7) is 4.34. The normalized spacial score (nSPS) is 11.0. The van der Waals surface area contributed by atoms with Gasteiger partial charge in [-0.15, -0.1) is 10.2 Å². The number of aromatic nitrogens is 5. The van der Waals surface area contributed by atoms with Crippen molar-refractivity contribution in [1.82, 2.24) is 25.2 Å². The van der Waals surface area contributed by atoms with Gasteiger partial charge < -0.3 is 0 Å². The number of pyridine rings is 1. The Morgan fingerprint density at radius 2 is 2.04 bits per heavy atom. The molecule has 0 unspecified atom stereocenters. The van der Waals surface area contributed by atoms with Gasteiger partial charge in [0.15, 0.2) is 0 Å². The van der Waals surface area contributed by atoms with Gasteiger partial charge in [-0.05, 0) is 22.8 Å². The van der Waals surface area contributed by atoms with E-state index in [1.165, 1.54) is 10.9 Å². The number of rotatable bonds is 5. The number of hydrogen-bond acceptors (Lipinski definition) is 6. The van der Waals surface area contributed by atoms with Gasteiger partial charge in [-0.2, -0.15) is 4.80 Å². The number of para-hydroxylation sites is 1. The molecule has 2 heterocycles. The quantitative estimate of drug-likeness (QED) is 0.528. The highest BCUT2D eigenvalue weighted by molar-refractivity contribution is 5.58. The zero-order valence-electron chi connectivity index (χ0n) is 13.3. The lowest BCUT2D eigenvalue weighted by Gasteiger charge is -2.08. The molecule has 0 atom stereocenters. The predicted molar refractivity (Wildman–Crippen MR) is 87.3 cm³/mol. The van der Waals surface area contributed by atoms with Crippen LogP contribution in [0.25, 0.3) is 11.4 Å². The summed E-state index contributed by atoms with van der Waals surface area (Å²) in [6.07, 6.45) is 3.44. The first-order valence-electron chi connectivity index (χ1n) is 7.50. The Labute approximate surface area is 138 Å². The van der Waals surface area contributed by atoms with E-state index in [0.717, 1.165) is 11.1 Å². The van der Waals surface area contributed by atoms with Gasteiger partial charge in [-0.1, -0.05) is 32.0 Å². The van der Waals surface area contributed by atoms with Crippen LogP contribution in [0.3, 0.4) is 0 Å². The van der Waals surface area contributed by atoms with Gasteiger partial charge in [0, 0.05) is 24.0 Å². The Kier molecular flexibility index (Phi) is 4.28. The van der Waals surface area contributed by atoms with Crippen LogP contribution in [0.1, 0.15) is 30.9 Å². The lowest BCUT2D eigenvalue weighted by atomic mass is 9.99. The standard InChI is InChI=1S/C16H16N6O2/c1-11(2)13-7-8-17-9-14(13)16-18-20-21(19-16)10-12-5-3-4-6-15(12)22(23)24/h3-9,11H,10H2,1-2H3. The molecular weight excluding hydrogens is 308 g/mol. The average Bonchev–Trinajstić information content (AvgIpc) is 3.03. The molecule has 0 aliphatic heterocycles. The molecule has 8 nitrogen and oxygen atoms in total. The van der Waals surface area contributed by atoms with Crippen molar-refractivity contribution in [2.45, 2.75) is 26.3 Å². The van der Waals surface area contributed by atoms with E-state index in [2.05, 4.69) is 34.2 Å². The molecule has 3 rings (SSSR count). The van der Waals surface area contributed by atoms with Crippen molar-refractivity contribution in [3.05, 3.63) is 64.0 Å². The van der Waals surface area contributed by atoms with Crippen molar-refractivity contribution >= 4 is 5.69 Å². The van der Waals surface area contributed by atoms with Gasteiger partial charge in [0.1, 0.15) is 0 Å². The second-order valence-electron chi connectivity index (χ2n) is 5.65. The van der Waals surface area contributed by atoms with Crippen LogP contribution in [-0.4, -0.2) is 30.1 Å². The zero-order valence-corrected chi connectivity index (χ0v) is 13.3. The highest BCUT2D eigenvalue weighted by Gasteiger charge is 2.16. The molecule has 24 heavy (non-hydrogen) atoms. The Morgan fingerprint density at radius 1 is 1.25 bits per heavy atom. The molecule has 0 aliphatic carbocycles. The maximum Gasteiger partial charge on any atom is 0.274 e. The van der Waals surface area contributed by atoms with Crippen molar-refractivity contribution in [2.24, 2.45) is 0 Å². The third kappa shape index (κ3) is 3.12. The van der Waals surface area contributed by atoms with Crippen molar-refractivity contribution in [2.75, 3.05) is 0 Å². The Bertz CT molecular complexity index is 874. The molecule has 0 amide bonds. The van der Waals surface area contributed by atoms with Gasteiger partial charge in [0.25, 0.3) is 5.69 Å². The number of tetrazole rings is 1. The average molecular weight is 324 g/mol. The van der Waals surface area contributed by atoms with E-state index >= 15 is 0 Å². The second-order valence-corrected chi connectivity index (χ2v) is 5.65. The van der Waals surface area contributed by atoms with E-state index in [-0.39, 0.29) is 12.2 Å². The molecule has 122 valence electrons. The first kappa shape index (κ1) is 15.7. The van der Waals surface area contributed by atoms with Crippen molar-refractivity contribution in [3.8, 4) is 11.4 Å². The summed E-state index contributed by atoms with van der Waals surface area (Å²) in [5.41, 5.74) is 2.47. The van der Waals surface area contributed by atoms with Crippen LogP contribution in [0.4, 0.5) is 5.69 Å². The largest absolute Gasteiger partial charge is 0.274 e. The zero-order chi connectivity index (χ0) is 17.1. The van der Waals surface area contributed by atoms with Gasteiger partial charge in [-0.25, -0.2) is 0 Å². The molecule has 0 aliphatic rings. The molecule has 2 aromatic heterocycles. The minimum Gasteiger partial charge on any atom is -0.264 e. The summed E-state index contributed by atoms with van der Waals surface area (Å²) in [6, 6.07) is 8.46. The van der Waals surface area contributed by atoms with E-state index in [0.29, 0.717) is 17.3 Å². The predicted octanol–water partition coefficient (Wildman–Crippen LogP) is 2.82. The Hall–Kier alpha value is -3.16. The highest BCUT2D eigenvalue weighted by atomic mass is 16.6. The molecule has 0 saturated carbocycles. The van der Waals surface area contributed by atoms with Crippen LogP contribution in [0.5, 0.6) is 0 Å². The lowest BCUT2D eigenvalue weighted by Crippen LogP contribution is -2.06. The van der Waals surface area contributed by atoms with Gasteiger partial charge in [-0.3, -0.25) is 15.1 Å². The van der Waals surface area contributed by atoms with Crippen LogP contribution in [0.15, 0.2) is 42.7 Å². The molecule has 0 bridgehead atoms. The van der Waals surface area contributed by atoms with Gasteiger partial charge in [0.2, 0.25) is 5.82 Å². The summed E-state index contributed by atoms with van der Waals surface area (Å²) in [4.78, 5) is 16.2. The smallest absolute Gasteiger partial charge is 0.264 e. The fourth-order valence-corrected chi connectivity index (χ4v) is 2.49. The lowest BCUT2D eigenvalue weighted by molar-refractivity contribution is -0.385. The van der Waals surface area contributed by atoms with Gasteiger partial charge in [0.05, 0.1) is 17.0 Å². The SMILES string of the molecule is CC(C)c1ccncc1-c1nnn(Cc2ccccc2[N+](=O)[O-])n1. The van der Waals surface area contributed by atoms with Gasteiger partial charge >= 0.3 is 0 Å². The molecule has 0 N–H and O–H groups in total. The maximum atomic E-state index is 11.1. The van der Waals surface area contributed by atoms with E-state index in [1.54, 1.807) is 30.6 Å². The first-order chi connectivity index (χ1) is 11.6. The maximum absolute atomic E-state index is 11.1. The van der Waals surface area contributed by atoms with Crippen molar-refractivity contribution < 1.29 is 4.92 Å². The minimum atomic E-state index is -0.412. The van der Waals surface area contributed by atoms with Crippen molar-refractivity contribution in [3.63, 3.8) is 0 Å². The van der Waals surface area contributed by atoms with E-state index in [9.17, 15) is 10.1 Å². The molecule has 0 saturated heterocycles. The number of nitro benzene ring substituents is 1. The molecule has 0 spiro atoms. The molecule has 3 aromatic rings. The summed E-state index contributed by atoms with van der Waals surface area (Å²) in [5.74, 6) is 0.760. The van der Waals surface area contributed by atoms with Crippen LogP contribution in [-0.2, 0) is 6.54 Å². The van der Waals surface area contributed by atoms with Crippen LogP contribution in [0, 0.1) is 10.1 Å². The third-order valence-electron chi connectivity index (χ3n) is 3.67. The van der Waals surface area contributed by atoms with Crippen LogP contribution >= 0.6 is 0 Å². The molecule has 0 radical (unpaired) electrons. The first-order valence-corrected chi connectivity index (χ1v) is 7.50. The van der Waals surface area contributed by atoms with E-state index < -0.39 is 4.92 Å². The monoisotopic (exact) mass is 324 g/mol. The Morgan fingerprint density at radius 3 is 2.79 bits per heavy atom. The summed E-state index contributed by atoms with van der Waals surface area (Å²) in [7, 11) is 0. The van der Waals surface area contributed by atoms with Crippen molar-refractivity contribution in [1.29, 1.82) is 0 Å². The fourth-order valence-electron chi connectivity index (χ4n) is 2.49. The highest BCUT2D eigenvalue weighted by Crippen LogP contribution is 2.25.